The number of ketones is 1. The summed E-state index contributed by atoms with van der Waals surface area (Å²) in [5.41, 5.74) is 0.944. The first-order valence-electron chi connectivity index (χ1n) is 9.60. The van der Waals surface area contributed by atoms with Gasteiger partial charge in [0.05, 0.1) is 10.6 Å². The molecule has 0 aliphatic heterocycles. The number of aromatic nitrogens is 1. The molecule has 0 spiro atoms. The minimum Gasteiger partial charge on any atom is -0.318 e. The Kier molecular flexibility index (Phi) is 6.77. The molecule has 5 nitrogen and oxygen atoms in total. The molecule has 8 heteroatoms. The molecule has 0 aliphatic rings. The van der Waals surface area contributed by atoms with Gasteiger partial charge in [0.1, 0.15) is 5.82 Å². The van der Waals surface area contributed by atoms with Crippen molar-refractivity contribution in [3.8, 4) is 0 Å². The van der Waals surface area contributed by atoms with Crippen molar-refractivity contribution in [1.29, 1.82) is 0 Å². The molecule has 0 aliphatic carbocycles. The van der Waals surface area contributed by atoms with Crippen LogP contribution in [0, 0.1) is 5.82 Å². The first-order valence-corrected chi connectivity index (χ1v) is 11.6. The second kappa shape index (κ2) is 9.16. The molecular formula is C23H21ClFNO4S. The van der Waals surface area contributed by atoms with E-state index in [1.54, 1.807) is 32.2 Å². The Morgan fingerprint density at radius 2 is 1.77 bits per heavy atom. The van der Waals surface area contributed by atoms with E-state index < -0.39 is 21.6 Å². The number of carbonyl (C=O) groups is 1. The van der Waals surface area contributed by atoms with Crippen molar-refractivity contribution >= 4 is 27.2 Å². The lowest BCUT2D eigenvalue weighted by Crippen LogP contribution is -2.18. The van der Waals surface area contributed by atoms with Crippen LogP contribution in [-0.4, -0.2) is 24.5 Å². The Morgan fingerprint density at radius 1 is 1.10 bits per heavy atom. The van der Waals surface area contributed by atoms with Crippen LogP contribution in [0.2, 0.25) is 5.02 Å². The van der Waals surface area contributed by atoms with Gasteiger partial charge in [-0.1, -0.05) is 36.7 Å². The second-order valence-corrected chi connectivity index (χ2v) is 9.90. The molecule has 1 heterocycles. The van der Waals surface area contributed by atoms with Crippen LogP contribution in [0.25, 0.3) is 0 Å². The molecule has 0 saturated carbocycles. The van der Waals surface area contributed by atoms with E-state index in [2.05, 4.69) is 0 Å². The molecule has 3 aromatic rings. The van der Waals surface area contributed by atoms with E-state index >= 15 is 0 Å². The minimum atomic E-state index is -3.38. The maximum absolute atomic E-state index is 14.7. The Bertz CT molecular complexity index is 1280. The highest BCUT2D eigenvalue weighted by Gasteiger charge is 2.23. The highest BCUT2D eigenvalue weighted by molar-refractivity contribution is 7.91. The molecular weight excluding hydrogens is 441 g/mol. The summed E-state index contributed by atoms with van der Waals surface area (Å²) in [4.78, 5) is 24.7. The lowest BCUT2D eigenvalue weighted by molar-refractivity contribution is 0.0976. The fourth-order valence-electron chi connectivity index (χ4n) is 3.33. The number of nitrogens with zero attached hydrogens (tertiary/aromatic N) is 1. The van der Waals surface area contributed by atoms with E-state index in [4.69, 9.17) is 11.6 Å². The normalized spacial score (nSPS) is 12.5. The van der Waals surface area contributed by atoms with Gasteiger partial charge in [-0.2, -0.15) is 0 Å². The number of pyridine rings is 1. The number of benzene rings is 2. The molecule has 162 valence electrons. The van der Waals surface area contributed by atoms with Gasteiger partial charge in [0, 0.05) is 42.2 Å². The van der Waals surface area contributed by atoms with Gasteiger partial charge in [0.25, 0.3) is 0 Å². The van der Waals surface area contributed by atoms with Crippen LogP contribution in [-0.2, 0) is 16.9 Å². The SMILES string of the molecule is CCS(=O)(=O)c1ccc(C(CC(=O)c2ccc(=O)n(C)c2)c2ccc(Cl)cc2F)cc1. The van der Waals surface area contributed by atoms with Gasteiger partial charge in [0.15, 0.2) is 15.6 Å². The molecule has 31 heavy (non-hydrogen) atoms. The Balaban J connectivity index is 2.04. The summed E-state index contributed by atoms with van der Waals surface area (Å²) in [5, 5.41) is 0.230. The van der Waals surface area contributed by atoms with Gasteiger partial charge in [0.2, 0.25) is 5.56 Å². The van der Waals surface area contributed by atoms with Crippen molar-refractivity contribution in [3.63, 3.8) is 0 Å². The second-order valence-electron chi connectivity index (χ2n) is 7.19. The lowest BCUT2D eigenvalue weighted by atomic mass is 9.85. The number of Topliss-reactive ketones (excluding diaryl/α,β-unsaturated/α-hetero) is 1. The van der Waals surface area contributed by atoms with E-state index in [1.165, 1.54) is 47.2 Å². The lowest BCUT2D eigenvalue weighted by Gasteiger charge is -2.19. The largest absolute Gasteiger partial charge is 0.318 e. The highest BCUT2D eigenvalue weighted by Crippen LogP contribution is 2.33. The van der Waals surface area contributed by atoms with Crippen LogP contribution < -0.4 is 5.56 Å². The monoisotopic (exact) mass is 461 g/mol. The van der Waals surface area contributed by atoms with Gasteiger partial charge in [-0.05, 0) is 41.5 Å². The summed E-state index contributed by atoms with van der Waals surface area (Å²) in [6.45, 7) is 1.56. The zero-order valence-corrected chi connectivity index (χ0v) is 18.6. The predicted molar refractivity (Wildman–Crippen MR) is 118 cm³/mol. The van der Waals surface area contributed by atoms with Crippen molar-refractivity contribution in [1.82, 2.24) is 4.57 Å². The minimum absolute atomic E-state index is 0.0349. The number of rotatable bonds is 7. The number of hydrogen-bond donors (Lipinski definition) is 0. The molecule has 1 unspecified atom stereocenters. The molecule has 1 aromatic heterocycles. The summed E-state index contributed by atoms with van der Waals surface area (Å²) < 4.78 is 40.3. The van der Waals surface area contributed by atoms with Crippen molar-refractivity contribution in [2.45, 2.75) is 24.2 Å². The van der Waals surface area contributed by atoms with Gasteiger partial charge in [-0.15, -0.1) is 0 Å². The summed E-state index contributed by atoms with van der Waals surface area (Å²) in [6.07, 6.45) is 1.37. The molecule has 2 aromatic carbocycles. The third kappa shape index (κ3) is 5.11. The Labute approximate surface area is 185 Å². The Hall–Kier alpha value is -2.77. The number of carbonyl (C=O) groups excluding carboxylic acids is 1. The molecule has 0 fully saturated rings. The van der Waals surface area contributed by atoms with Gasteiger partial charge in [-0.25, -0.2) is 12.8 Å². The maximum Gasteiger partial charge on any atom is 0.250 e. The first-order chi connectivity index (χ1) is 14.6. The zero-order chi connectivity index (χ0) is 22.8. The molecule has 3 rings (SSSR count). The molecule has 0 N–H and O–H groups in total. The van der Waals surface area contributed by atoms with Gasteiger partial charge in [-0.3, -0.25) is 9.59 Å². The van der Waals surface area contributed by atoms with Crippen LogP contribution in [0.5, 0.6) is 0 Å². The van der Waals surface area contributed by atoms with Crippen LogP contribution in [0.4, 0.5) is 4.39 Å². The summed E-state index contributed by atoms with van der Waals surface area (Å²) in [7, 11) is -1.84. The van der Waals surface area contributed by atoms with E-state index in [1.807, 2.05) is 0 Å². The van der Waals surface area contributed by atoms with Crippen molar-refractivity contribution in [2.75, 3.05) is 5.75 Å². The smallest absolute Gasteiger partial charge is 0.250 e. The quantitative estimate of drug-likeness (QED) is 0.489. The maximum atomic E-state index is 14.7. The fraction of sp³-hybridized carbons (Fsp3) is 0.217. The number of halogens is 2. The van der Waals surface area contributed by atoms with E-state index in [9.17, 15) is 22.4 Å². The topological polar surface area (TPSA) is 73.2 Å². The van der Waals surface area contributed by atoms with Crippen LogP contribution in [0.15, 0.2) is 70.5 Å². The fourth-order valence-corrected chi connectivity index (χ4v) is 4.37. The van der Waals surface area contributed by atoms with Crippen LogP contribution in [0.1, 0.15) is 40.7 Å². The van der Waals surface area contributed by atoms with E-state index in [0.29, 0.717) is 11.1 Å². The molecule has 0 saturated heterocycles. The average Bonchev–Trinajstić information content (AvgIpc) is 2.74. The number of aryl methyl sites for hydroxylation is 1. The summed E-state index contributed by atoms with van der Waals surface area (Å²) in [5.74, 6) is -1.54. The average molecular weight is 462 g/mol. The highest BCUT2D eigenvalue weighted by atomic mass is 35.5. The van der Waals surface area contributed by atoms with Crippen molar-refractivity contribution in [3.05, 3.63) is 98.7 Å². The number of sulfone groups is 1. The van der Waals surface area contributed by atoms with Gasteiger partial charge >= 0.3 is 0 Å². The van der Waals surface area contributed by atoms with Crippen LogP contribution in [0.3, 0.4) is 0 Å². The van der Waals surface area contributed by atoms with E-state index in [-0.39, 0.29) is 39.0 Å². The zero-order valence-electron chi connectivity index (χ0n) is 17.0. The third-order valence-corrected chi connectivity index (χ3v) is 7.14. The van der Waals surface area contributed by atoms with Crippen molar-refractivity contribution in [2.24, 2.45) is 7.05 Å². The predicted octanol–water partition coefficient (Wildman–Crippen LogP) is 4.38. The Morgan fingerprint density at radius 3 is 2.35 bits per heavy atom. The van der Waals surface area contributed by atoms with Crippen molar-refractivity contribution < 1.29 is 17.6 Å². The molecule has 1 atom stereocenters. The summed E-state index contributed by atoms with van der Waals surface area (Å²) >= 11 is 5.88. The van der Waals surface area contributed by atoms with E-state index in [0.717, 1.165) is 0 Å². The molecule has 0 bridgehead atoms. The standard InChI is InChI=1S/C23H21ClFNO4S/c1-3-31(29,30)18-8-4-15(5-9-18)20(19-10-7-17(24)12-21(19)25)13-22(27)16-6-11-23(28)26(2)14-16/h4-12,14,20H,3,13H2,1-2H3. The summed E-state index contributed by atoms with van der Waals surface area (Å²) in [6, 6.07) is 13.1. The van der Waals surface area contributed by atoms with Gasteiger partial charge < -0.3 is 4.57 Å². The third-order valence-electron chi connectivity index (χ3n) is 5.16. The molecule has 0 amide bonds. The first kappa shape index (κ1) is 22.9. The molecule has 0 radical (unpaired) electrons. The number of hydrogen-bond acceptors (Lipinski definition) is 4. The van der Waals surface area contributed by atoms with Crippen LogP contribution >= 0.6 is 11.6 Å².